The van der Waals surface area contributed by atoms with E-state index in [0.29, 0.717) is 24.7 Å². The molecule has 2 aromatic heterocycles. The second-order valence-electron chi connectivity index (χ2n) is 7.13. The number of carbonyl (C=O) groups excluding carboxylic acids is 1. The number of rotatable bonds is 5. The van der Waals surface area contributed by atoms with Crippen molar-refractivity contribution in [2.45, 2.75) is 27.3 Å². The molecule has 5 heteroatoms. The number of benzene rings is 1. The summed E-state index contributed by atoms with van der Waals surface area (Å²) < 4.78 is 15.5. The Bertz CT molecular complexity index is 931. The van der Waals surface area contributed by atoms with Crippen LogP contribution in [0.15, 0.2) is 42.7 Å². The summed E-state index contributed by atoms with van der Waals surface area (Å²) in [6.45, 7) is 7.24. The van der Waals surface area contributed by atoms with Gasteiger partial charge in [-0.15, -0.1) is 0 Å². The zero-order valence-electron chi connectivity index (χ0n) is 15.7. The maximum atomic E-state index is 13.7. The molecular weight excluding hydrogens is 329 g/mol. The number of pyridine rings is 1. The summed E-state index contributed by atoms with van der Waals surface area (Å²) in [5.41, 5.74) is 3.33. The molecule has 136 valence electrons. The Morgan fingerprint density at radius 1 is 1.23 bits per heavy atom. The molecule has 0 aliphatic rings. The Morgan fingerprint density at radius 2 is 1.92 bits per heavy atom. The lowest BCUT2D eigenvalue weighted by molar-refractivity contribution is 0.0712. The van der Waals surface area contributed by atoms with Crippen molar-refractivity contribution in [3.63, 3.8) is 0 Å². The number of hydrogen-bond acceptors (Lipinski definition) is 2. The largest absolute Gasteiger partial charge is 0.339 e. The van der Waals surface area contributed by atoms with Gasteiger partial charge in [-0.2, -0.15) is 0 Å². The summed E-state index contributed by atoms with van der Waals surface area (Å²) in [7, 11) is 1.86. The van der Waals surface area contributed by atoms with Gasteiger partial charge < -0.3 is 9.47 Å². The molecule has 0 bridgehead atoms. The maximum Gasteiger partial charge on any atom is 0.271 e. The van der Waals surface area contributed by atoms with Crippen LogP contribution in [0.4, 0.5) is 4.39 Å². The molecule has 1 aromatic carbocycles. The number of aromatic nitrogens is 2. The van der Waals surface area contributed by atoms with E-state index in [2.05, 4.69) is 18.8 Å². The Balaban J connectivity index is 2.02. The van der Waals surface area contributed by atoms with Crippen molar-refractivity contribution in [2.75, 3.05) is 6.54 Å². The van der Waals surface area contributed by atoms with Gasteiger partial charge in [-0.1, -0.05) is 13.8 Å². The van der Waals surface area contributed by atoms with Crippen LogP contribution >= 0.6 is 0 Å². The SMILES string of the molecule is Cc1c(C(=O)N(Cc2ccncc2)CC(C)C)n(C)c2ccc(F)cc12. The first-order chi connectivity index (χ1) is 12.4. The average Bonchev–Trinajstić information content (AvgIpc) is 2.84. The highest BCUT2D eigenvalue weighted by atomic mass is 19.1. The monoisotopic (exact) mass is 353 g/mol. The van der Waals surface area contributed by atoms with E-state index in [4.69, 9.17) is 0 Å². The number of carbonyl (C=O) groups is 1. The number of amides is 1. The Hall–Kier alpha value is -2.69. The van der Waals surface area contributed by atoms with Crippen LogP contribution in [0.5, 0.6) is 0 Å². The molecule has 2 heterocycles. The van der Waals surface area contributed by atoms with Crippen LogP contribution in [0, 0.1) is 18.7 Å². The van der Waals surface area contributed by atoms with Gasteiger partial charge in [0.05, 0.1) is 0 Å². The normalized spacial score (nSPS) is 11.3. The van der Waals surface area contributed by atoms with Crippen LogP contribution in [-0.4, -0.2) is 26.9 Å². The molecule has 4 nitrogen and oxygen atoms in total. The molecule has 0 atom stereocenters. The number of aryl methyl sites for hydroxylation is 2. The van der Waals surface area contributed by atoms with Crippen molar-refractivity contribution in [3.8, 4) is 0 Å². The number of halogens is 1. The molecule has 1 amide bonds. The third kappa shape index (κ3) is 3.47. The van der Waals surface area contributed by atoms with Crippen molar-refractivity contribution in [1.29, 1.82) is 0 Å². The van der Waals surface area contributed by atoms with E-state index in [0.717, 1.165) is 22.0 Å². The third-order valence-corrected chi connectivity index (χ3v) is 4.61. The molecule has 0 unspecified atom stereocenters. The van der Waals surface area contributed by atoms with Gasteiger partial charge in [0.1, 0.15) is 11.5 Å². The molecule has 3 aromatic rings. The fourth-order valence-electron chi connectivity index (χ4n) is 3.42. The molecule has 0 aliphatic heterocycles. The van der Waals surface area contributed by atoms with Crippen LogP contribution in [0.25, 0.3) is 10.9 Å². The molecule has 0 N–H and O–H groups in total. The minimum absolute atomic E-state index is 0.0351. The van der Waals surface area contributed by atoms with Gasteiger partial charge in [0.15, 0.2) is 0 Å². The molecule has 26 heavy (non-hydrogen) atoms. The van der Waals surface area contributed by atoms with Crippen molar-refractivity contribution in [3.05, 3.63) is 65.4 Å². The van der Waals surface area contributed by atoms with Crippen molar-refractivity contribution < 1.29 is 9.18 Å². The second-order valence-corrected chi connectivity index (χ2v) is 7.13. The fourth-order valence-corrected chi connectivity index (χ4v) is 3.42. The molecular formula is C21H24FN3O. The molecule has 0 fully saturated rings. The lowest BCUT2D eigenvalue weighted by atomic mass is 10.1. The van der Waals surface area contributed by atoms with Crippen molar-refractivity contribution in [1.82, 2.24) is 14.5 Å². The molecule has 0 spiro atoms. The predicted octanol–water partition coefficient (Wildman–Crippen LogP) is 4.32. The van der Waals surface area contributed by atoms with E-state index < -0.39 is 0 Å². The molecule has 0 radical (unpaired) electrons. The van der Waals surface area contributed by atoms with E-state index in [1.54, 1.807) is 18.5 Å². The molecule has 0 saturated heterocycles. The van der Waals surface area contributed by atoms with E-state index in [-0.39, 0.29) is 11.7 Å². The van der Waals surface area contributed by atoms with Gasteiger partial charge in [0.25, 0.3) is 5.91 Å². The first-order valence-electron chi connectivity index (χ1n) is 8.81. The number of fused-ring (bicyclic) bond motifs is 1. The second kappa shape index (κ2) is 7.28. The highest BCUT2D eigenvalue weighted by molar-refractivity contribution is 6.01. The van der Waals surface area contributed by atoms with E-state index in [9.17, 15) is 9.18 Å². The topological polar surface area (TPSA) is 38.1 Å². The summed E-state index contributed by atoms with van der Waals surface area (Å²) in [5.74, 6) is 0.0152. The average molecular weight is 353 g/mol. The van der Waals surface area contributed by atoms with Crippen LogP contribution in [0.1, 0.15) is 35.5 Å². The Labute approximate surface area is 153 Å². The van der Waals surface area contributed by atoms with Gasteiger partial charge in [-0.05, 0) is 54.3 Å². The van der Waals surface area contributed by atoms with Crippen molar-refractivity contribution >= 4 is 16.8 Å². The summed E-state index contributed by atoms with van der Waals surface area (Å²) in [6, 6.07) is 8.49. The summed E-state index contributed by atoms with van der Waals surface area (Å²) in [4.78, 5) is 19.3. The predicted molar refractivity (Wildman–Crippen MR) is 101 cm³/mol. The zero-order valence-corrected chi connectivity index (χ0v) is 15.7. The van der Waals surface area contributed by atoms with Gasteiger partial charge in [-0.3, -0.25) is 9.78 Å². The lowest BCUT2D eigenvalue weighted by Gasteiger charge is -2.25. The van der Waals surface area contributed by atoms with E-state index >= 15 is 0 Å². The Morgan fingerprint density at radius 3 is 2.58 bits per heavy atom. The molecule has 3 rings (SSSR count). The molecule has 0 aliphatic carbocycles. The summed E-state index contributed by atoms with van der Waals surface area (Å²) in [5, 5.41) is 0.782. The highest BCUT2D eigenvalue weighted by Crippen LogP contribution is 2.27. The molecule has 0 saturated carbocycles. The third-order valence-electron chi connectivity index (χ3n) is 4.61. The summed E-state index contributed by atoms with van der Waals surface area (Å²) >= 11 is 0. The minimum atomic E-state index is -0.291. The Kier molecular flexibility index (Phi) is 5.07. The van der Waals surface area contributed by atoms with Gasteiger partial charge in [-0.25, -0.2) is 4.39 Å². The smallest absolute Gasteiger partial charge is 0.271 e. The van der Waals surface area contributed by atoms with E-state index in [1.807, 2.05) is 35.6 Å². The highest BCUT2D eigenvalue weighted by Gasteiger charge is 2.24. The maximum absolute atomic E-state index is 13.7. The first-order valence-corrected chi connectivity index (χ1v) is 8.81. The minimum Gasteiger partial charge on any atom is -0.339 e. The number of hydrogen-bond donors (Lipinski definition) is 0. The lowest BCUT2D eigenvalue weighted by Crippen LogP contribution is -2.35. The van der Waals surface area contributed by atoms with E-state index in [1.165, 1.54) is 12.1 Å². The van der Waals surface area contributed by atoms with Crippen LogP contribution < -0.4 is 0 Å². The van der Waals surface area contributed by atoms with Crippen molar-refractivity contribution in [2.24, 2.45) is 13.0 Å². The fraction of sp³-hybridized carbons (Fsp3) is 0.333. The van der Waals surface area contributed by atoms with Gasteiger partial charge >= 0.3 is 0 Å². The summed E-state index contributed by atoms with van der Waals surface area (Å²) in [6.07, 6.45) is 3.47. The quantitative estimate of drug-likeness (QED) is 0.685. The first kappa shape index (κ1) is 18.1. The number of nitrogens with zero attached hydrogens (tertiary/aromatic N) is 3. The van der Waals surface area contributed by atoms with Crippen LogP contribution in [-0.2, 0) is 13.6 Å². The van der Waals surface area contributed by atoms with Crippen LogP contribution in [0.2, 0.25) is 0 Å². The standard InChI is InChI=1S/C21H24FN3O/c1-14(2)12-25(13-16-7-9-23-10-8-16)21(26)20-15(3)18-11-17(22)5-6-19(18)24(20)4/h5-11,14H,12-13H2,1-4H3. The van der Waals surface area contributed by atoms with Crippen LogP contribution in [0.3, 0.4) is 0 Å². The van der Waals surface area contributed by atoms with Gasteiger partial charge in [0, 0.05) is 43.4 Å². The van der Waals surface area contributed by atoms with Gasteiger partial charge in [0.2, 0.25) is 0 Å². The zero-order chi connectivity index (χ0) is 18.8.